The van der Waals surface area contributed by atoms with E-state index in [1.54, 1.807) is 28.6 Å². The van der Waals surface area contributed by atoms with E-state index >= 15 is 0 Å². The monoisotopic (exact) mass is 995 g/mol. The molecule has 13 nitrogen and oxygen atoms in total. The second kappa shape index (κ2) is 20.8. The normalized spacial score (nSPS) is 17.0. The summed E-state index contributed by atoms with van der Waals surface area (Å²) in [5.41, 5.74) is 6.94. The third kappa shape index (κ3) is 10.6. The first-order chi connectivity index (χ1) is 32.5. The second-order valence-corrected chi connectivity index (χ2v) is 23.7. The van der Waals surface area contributed by atoms with Crippen molar-refractivity contribution in [3.8, 4) is 22.4 Å². The topological polar surface area (TPSA) is 134 Å². The van der Waals surface area contributed by atoms with Gasteiger partial charge in [0.25, 0.3) is 5.69 Å². The van der Waals surface area contributed by atoms with Crippen molar-refractivity contribution < 1.29 is 22.4 Å². The van der Waals surface area contributed by atoms with Gasteiger partial charge in [-0.05, 0) is 132 Å². The van der Waals surface area contributed by atoms with Crippen molar-refractivity contribution in [2.45, 2.75) is 49.1 Å². The molecule has 0 radical (unpaired) electrons. The molecule has 358 valence electrons. The highest BCUT2D eigenvalue weighted by Gasteiger charge is 2.41. The fourth-order valence-corrected chi connectivity index (χ4v) is 13.9. The minimum atomic E-state index is -3.68. The highest BCUT2D eigenvalue weighted by molar-refractivity contribution is 7.99. The summed E-state index contributed by atoms with van der Waals surface area (Å²) >= 11 is 8.00. The van der Waals surface area contributed by atoms with Gasteiger partial charge in [0, 0.05) is 94.6 Å². The second-order valence-electron chi connectivity index (χ2n) is 17.9. The average Bonchev–Trinajstić information content (AvgIpc) is 3.88. The molecule has 0 aliphatic carbocycles. The first-order valence-corrected chi connectivity index (χ1v) is 27.7. The predicted octanol–water partition coefficient (Wildman–Crippen LogP) is 10.9. The van der Waals surface area contributed by atoms with Gasteiger partial charge >= 0.3 is 7.52 Å². The number of hydrogen-bond donors (Lipinski definition) is 1. The van der Waals surface area contributed by atoms with Gasteiger partial charge in [0.15, 0.2) is 9.84 Å². The van der Waals surface area contributed by atoms with Gasteiger partial charge in [0.2, 0.25) is 0 Å². The fourth-order valence-electron chi connectivity index (χ4n) is 9.32. The molecule has 2 aliphatic rings. The van der Waals surface area contributed by atoms with E-state index in [9.17, 15) is 23.1 Å². The van der Waals surface area contributed by atoms with Crippen molar-refractivity contribution in [3.05, 3.63) is 142 Å². The maximum atomic E-state index is 14.8. The molecule has 5 aromatic carbocycles. The molecule has 0 unspecified atom stereocenters. The van der Waals surface area contributed by atoms with Crippen LogP contribution >= 0.6 is 30.9 Å². The summed E-state index contributed by atoms with van der Waals surface area (Å²) < 4.78 is 51.7. The molecule has 6 aromatic rings. The molecule has 1 N–H and O–H groups in total. The van der Waals surface area contributed by atoms with Gasteiger partial charge < -0.3 is 29.1 Å². The Morgan fingerprint density at radius 3 is 2.13 bits per heavy atom. The number of piperazine rings is 1. The molecule has 3 heterocycles. The summed E-state index contributed by atoms with van der Waals surface area (Å²) in [7, 11) is -3.28. The van der Waals surface area contributed by atoms with Crippen molar-refractivity contribution in [2.75, 3.05) is 91.8 Å². The Kier molecular flexibility index (Phi) is 15.0. The van der Waals surface area contributed by atoms with Gasteiger partial charge in [-0.2, -0.15) is 0 Å². The number of thioether (sulfide) groups is 1. The lowest BCUT2D eigenvalue weighted by molar-refractivity contribution is -0.383. The number of halogens is 1. The molecule has 68 heavy (non-hydrogen) atoms. The molecule has 0 amide bonds. The van der Waals surface area contributed by atoms with Gasteiger partial charge in [-0.3, -0.25) is 19.3 Å². The molecule has 2 fully saturated rings. The summed E-state index contributed by atoms with van der Waals surface area (Å²) in [4.78, 5) is 20.3. The van der Waals surface area contributed by atoms with Gasteiger partial charge in [-0.1, -0.05) is 54.1 Å². The van der Waals surface area contributed by atoms with Crippen molar-refractivity contribution in [1.29, 1.82) is 0 Å². The quantitative estimate of drug-likeness (QED) is 0.0404. The van der Waals surface area contributed by atoms with E-state index in [1.807, 2.05) is 99.9 Å². The smallest absolute Gasteiger partial charge is 0.326 e. The van der Waals surface area contributed by atoms with E-state index in [0.29, 0.717) is 44.8 Å². The number of aromatic nitrogens is 1. The van der Waals surface area contributed by atoms with E-state index in [2.05, 4.69) is 62.7 Å². The van der Waals surface area contributed by atoms with Crippen LogP contribution in [0.2, 0.25) is 5.02 Å². The Hall–Kier alpha value is -5.28. The highest BCUT2D eigenvalue weighted by atomic mass is 35.5. The van der Waals surface area contributed by atoms with Crippen molar-refractivity contribution >= 4 is 74.5 Å². The van der Waals surface area contributed by atoms with Crippen LogP contribution in [0.3, 0.4) is 0 Å². The molecular weight excluding hydrogens is 937 g/mol. The maximum absolute atomic E-state index is 14.8. The van der Waals surface area contributed by atoms with Gasteiger partial charge in [0.1, 0.15) is 5.69 Å². The van der Waals surface area contributed by atoms with Crippen LogP contribution in [0.25, 0.3) is 22.4 Å². The number of rotatable bonds is 17. The van der Waals surface area contributed by atoms with Crippen molar-refractivity contribution in [3.63, 3.8) is 0 Å². The van der Waals surface area contributed by atoms with Gasteiger partial charge in [0.05, 0.1) is 34.0 Å². The van der Waals surface area contributed by atoms with Crippen LogP contribution in [0, 0.1) is 17.0 Å². The van der Waals surface area contributed by atoms with Crippen LogP contribution in [-0.4, -0.2) is 101 Å². The number of nitrogens with one attached hydrogen (secondary N) is 1. The van der Waals surface area contributed by atoms with Crippen molar-refractivity contribution in [1.82, 2.24) is 9.47 Å². The lowest BCUT2D eigenvalue weighted by Gasteiger charge is -2.37. The number of nitrogens with zero attached hydrogens (tertiary/aromatic N) is 6. The summed E-state index contributed by atoms with van der Waals surface area (Å²) in [6.45, 7) is 10.4. The molecule has 2 aliphatic heterocycles. The SMILES string of the molecule is Cc1c(S(C)(=O)=O)c(-c2cccc(N3CCN(c4ccc(N5CCO[P@@]5(=O)c5ccc(N[C@H](CCN(C)C)CSc6ccccc6)c([N+](=O)[O-])c5)cc4)CC3)c2)c(-c2ccc(Cl)cc2)n1C(C)C. The Morgan fingerprint density at radius 2 is 1.50 bits per heavy atom. The van der Waals surface area contributed by atoms with Gasteiger partial charge in [-0.25, -0.2) is 8.42 Å². The lowest BCUT2D eigenvalue weighted by atomic mass is 10.00. The van der Waals surface area contributed by atoms with E-state index in [4.69, 9.17) is 16.1 Å². The minimum Gasteiger partial charge on any atom is -0.376 e. The molecule has 2 atom stereocenters. The number of anilines is 4. The Labute approximate surface area is 409 Å². The largest absolute Gasteiger partial charge is 0.376 e. The van der Waals surface area contributed by atoms with E-state index < -0.39 is 22.3 Å². The fraction of sp³-hybridized carbons (Fsp3) is 0.333. The van der Waals surface area contributed by atoms with E-state index in [1.165, 1.54) is 12.3 Å². The first-order valence-electron chi connectivity index (χ1n) is 22.8. The Balaban J connectivity index is 0.975. The predicted molar refractivity (Wildman–Crippen MR) is 281 cm³/mol. The van der Waals surface area contributed by atoms with E-state index in [0.717, 1.165) is 72.2 Å². The minimum absolute atomic E-state index is 0.00415. The Bertz CT molecular complexity index is 2910. The zero-order chi connectivity index (χ0) is 48.3. The van der Waals surface area contributed by atoms with Crippen LogP contribution in [-0.2, 0) is 18.9 Å². The Morgan fingerprint density at radius 1 is 0.838 bits per heavy atom. The summed E-state index contributed by atoms with van der Waals surface area (Å²) in [6, 6.07) is 38.5. The average molecular weight is 997 g/mol. The molecule has 0 spiro atoms. The summed E-state index contributed by atoms with van der Waals surface area (Å²) in [5.74, 6) is 0.711. The lowest BCUT2D eigenvalue weighted by Crippen LogP contribution is -2.46. The zero-order valence-corrected chi connectivity index (χ0v) is 42.6. The van der Waals surface area contributed by atoms with Gasteiger partial charge in [-0.15, -0.1) is 11.8 Å². The molecule has 1 aromatic heterocycles. The molecule has 0 saturated carbocycles. The molecule has 17 heteroatoms. The third-order valence-corrected chi connectivity index (χ3v) is 17.8. The first kappa shape index (κ1) is 49.2. The third-order valence-electron chi connectivity index (χ3n) is 12.6. The maximum Gasteiger partial charge on any atom is 0.326 e. The molecular formula is C51H59ClN7O6PS2. The summed E-state index contributed by atoms with van der Waals surface area (Å²) in [6.07, 6.45) is 2.06. The van der Waals surface area contributed by atoms with Crippen LogP contribution in [0.5, 0.6) is 0 Å². The van der Waals surface area contributed by atoms with Crippen LogP contribution in [0.4, 0.5) is 28.4 Å². The number of sulfone groups is 1. The van der Waals surface area contributed by atoms with Crippen LogP contribution < -0.4 is 25.1 Å². The zero-order valence-electron chi connectivity index (χ0n) is 39.3. The number of nitro groups is 1. The van der Waals surface area contributed by atoms with E-state index in [-0.39, 0.29) is 29.7 Å². The van der Waals surface area contributed by atoms with Crippen LogP contribution in [0.1, 0.15) is 32.0 Å². The molecule has 8 rings (SSSR count). The standard InChI is InChI=1S/C51H59ClN7O6PS2/c1-36(2)58-37(3)51(68(6,63)64)49(50(58)38-15-17-40(52)18-16-38)39-11-10-12-44(33-39)56-29-27-55(28-30-56)42-19-21-43(22-20-42)57-31-32-65-66(57,62)45-23-24-47(48(34-45)59(60)61)53-41(25-26-54(4)5)35-67-46-13-8-7-9-14-46/h7-24,33-34,36,41,53H,25-32,35H2,1-6H3/t41-,66+/m1/s1. The van der Waals surface area contributed by atoms with Crippen LogP contribution in [0.15, 0.2) is 131 Å². The highest BCUT2D eigenvalue weighted by Crippen LogP contribution is 2.56. The molecule has 0 bridgehead atoms. The summed E-state index contributed by atoms with van der Waals surface area (Å²) in [5, 5.41) is 16.9. The molecule has 2 saturated heterocycles. The van der Waals surface area contributed by atoms with Crippen molar-refractivity contribution in [2.24, 2.45) is 0 Å². The number of benzene rings is 5. The number of hydrogen-bond acceptors (Lipinski definition) is 11. The number of nitro benzene ring substituents is 1.